The Morgan fingerprint density at radius 3 is 2.67 bits per heavy atom. The highest BCUT2D eigenvalue weighted by molar-refractivity contribution is 7.99. The maximum absolute atomic E-state index is 4.40. The molecule has 1 saturated heterocycles. The average Bonchev–Trinajstić information content (AvgIpc) is 2.17. The highest BCUT2D eigenvalue weighted by atomic mass is 32.2. The molecule has 1 fully saturated rings. The lowest BCUT2D eigenvalue weighted by molar-refractivity contribution is 0.662. The van der Waals surface area contributed by atoms with Crippen LogP contribution in [-0.2, 0) is 0 Å². The Morgan fingerprint density at radius 2 is 2.00 bits per heavy atom. The van der Waals surface area contributed by atoms with Crippen molar-refractivity contribution in [2.24, 2.45) is 0 Å². The van der Waals surface area contributed by atoms with Gasteiger partial charge in [0.05, 0.1) is 0 Å². The van der Waals surface area contributed by atoms with E-state index in [4.69, 9.17) is 0 Å². The summed E-state index contributed by atoms with van der Waals surface area (Å²) in [5.74, 6) is 4.36. The van der Waals surface area contributed by atoms with Gasteiger partial charge in [-0.15, -0.1) is 0 Å². The number of nitrogens with one attached hydrogen (secondary N) is 1. The van der Waals surface area contributed by atoms with E-state index in [0.717, 1.165) is 17.3 Å². The molecule has 0 bridgehead atoms. The van der Waals surface area contributed by atoms with Crippen LogP contribution in [0, 0.1) is 13.8 Å². The molecule has 4 heteroatoms. The summed E-state index contributed by atoms with van der Waals surface area (Å²) in [4.78, 5) is 8.67. The first-order valence-electron chi connectivity index (χ1n) is 5.40. The SMILES string of the molecule is Cc1cc(NC2CCSCC2)nc(C)n1. The third-order valence-corrected chi connectivity index (χ3v) is 3.59. The number of thioether (sulfide) groups is 1. The number of anilines is 1. The van der Waals surface area contributed by atoms with Gasteiger partial charge in [-0.25, -0.2) is 9.97 Å². The van der Waals surface area contributed by atoms with E-state index in [-0.39, 0.29) is 0 Å². The summed E-state index contributed by atoms with van der Waals surface area (Å²) in [7, 11) is 0. The monoisotopic (exact) mass is 223 g/mol. The van der Waals surface area contributed by atoms with Crippen molar-refractivity contribution in [3.63, 3.8) is 0 Å². The molecule has 0 atom stereocenters. The Bertz CT molecular complexity index is 314. The van der Waals surface area contributed by atoms with Crippen molar-refractivity contribution >= 4 is 17.6 Å². The van der Waals surface area contributed by atoms with Gasteiger partial charge >= 0.3 is 0 Å². The van der Waals surface area contributed by atoms with Gasteiger partial charge in [0.15, 0.2) is 0 Å². The molecule has 0 aliphatic carbocycles. The standard InChI is InChI=1S/C11H17N3S/c1-8-7-11(13-9(2)12-8)14-10-3-5-15-6-4-10/h7,10H,3-6H2,1-2H3,(H,12,13,14). The lowest BCUT2D eigenvalue weighted by atomic mass is 10.1. The normalized spacial score (nSPS) is 17.7. The Labute approximate surface area is 95.1 Å². The number of rotatable bonds is 2. The van der Waals surface area contributed by atoms with Gasteiger partial charge in [-0.1, -0.05) is 0 Å². The van der Waals surface area contributed by atoms with Gasteiger partial charge in [-0.2, -0.15) is 11.8 Å². The van der Waals surface area contributed by atoms with Gasteiger partial charge in [0.2, 0.25) is 0 Å². The molecule has 1 aliphatic rings. The fourth-order valence-corrected chi connectivity index (χ4v) is 2.95. The Kier molecular flexibility index (Phi) is 3.46. The van der Waals surface area contributed by atoms with Gasteiger partial charge < -0.3 is 5.32 Å². The van der Waals surface area contributed by atoms with Crippen molar-refractivity contribution in [2.75, 3.05) is 16.8 Å². The first kappa shape index (κ1) is 10.7. The largest absolute Gasteiger partial charge is 0.367 e. The number of aryl methyl sites for hydroxylation is 2. The minimum atomic E-state index is 0.597. The summed E-state index contributed by atoms with van der Waals surface area (Å²) in [6, 6.07) is 2.62. The van der Waals surface area contributed by atoms with Crippen molar-refractivity contribution < 1.29 is 0 Å². The highest BCUT2D eigenvalue weighted by Gasteiger charge is 2.13. The van der Waals surface area contributed by atoms with Gasteiger partial charge in [-0.05, 0) is 38.2 Å². The number of hydrogen-bond acceptors (Lipinski definition) is 4. The van der Waals surface area contributed by atoms with Crippen molar-refractivity contribution in [1.29, 1.82) is 0 Å². The predicted octanol–water partition coefficient (Wildman–Crippen LogP) is 2.40. The molecule has 2 rings (SSSR count). The van der Waals surface area contributed by atoms with E-state index in [1.807, 2.05) is 31.7 Å². The van der Waals surface area contributed by atoms with Crippen LogP contribution < -0.4 is 5.32 Å². The number of nitrogens with zero attached hydrogens (tertiary/aromatic N) is 2. The number of hydrogen-bond donors (Lipinski definition) is 1. The van der Waals surface area contributed by atoms with Crippen LogP contribution in [0.4, 0.5) is 5.82 Å². The molecule has 1 aromatic heterocycles. The van der Waals surface area contributed by atoms with Gasteiger partial charge in [0, 0.05) is 17.8 Å². The Balaban J connectivity index is 2.02. The molecule has 15 heavy (non-hydrogen) atoms. The van der Waals surface area contributed by atoms with Gasteiger partial charge in [0.25, 0.3) is 0 Å². The maximum Gasteiger partial charge on any atom is 0.130 e. The van der Waals surface area contributed by atoms with Gasteiger partial charge in [-0.3, -0.25) is 0 Å². The van der Waals surface area contributed by atoms with Crippen LogP contribution in [0.2, 0.25) is 0 Å². The number of aromatic nitrogens is 2. The van der Waals surface area contributed by atoms with E-state index in [2.05, 4.69) is 15.3 Å². The molecule has 0 unspecified atom stereocenters. The fourth-order valence-electron chi connectivity index (χ4n) is 1.84. The summed E-state index contributed by atoms with van der Waals surface area (Å²) in [5, 5.41) is 3.50. The van der Waals surface area contributed by atoms with Gasteiger partial charge in [0.1, 0.15) is 11.6 Å². The third-order valence-electron chi connectivity index (χ3n) is 2.54. The summed E-state index contributed by atoms with van der Waals surface area (Å²) in [6.07, 6.45) is 2.49. The lowest BCUT2D eigenvalue weighted by Gasteiger charge is -2.23. The molecule has 1 N–H and O–H groups in total. The lowest BCUT2D eigenvalue weighted by Crippen LogP contribution is -2.25. The third kappa shape index (κ3) is 3.09. The molecule has 3 nitrogen and oxygen atoms in total. The minimum Gasteiger partial charge on any atom is -0.367 e. The van der Waals surface area contributed by atoms with E-state index < -0.39 is 0 Å². The zero-order valence-corrected chi connectivity index (χ0v) is 10.1. The molecule has 0 spiro atoms. The molecule has 1 aliphatic heterocycles. The summed E-state index contributed by atoms with van der Waals surface area (Å²) < 4.78 is 0. The Morgan fingerprint density at radius 1 is 1.27 bits per heavy atom. The smallest absolute Gasteiger partial charge is 0.130 e. The molecule has 0 saturated carbocycles. The van der Waals surface area contributed by atoms with Crippen molar-refractivity contribution in [1.82, 2.24) is 9.97 Å². The Hall–Kier alpha value is -0.770. The predicted molar refractivity (Wildman–Crippen MR) is 65.5 cm³/mol. The summed E-state index contributed by atoms with van der Waals surface area (Å²) in [6.45, 7) is 3.95. The molecule has 0 aromatic carbocycles. The van der Waals surface area contributed by atoms with Crippen LogP contribution in [0.25, 0.3) is 0 Å². The quantitative estimate of drug-likeness (QED) is 0.835. The molecule has 0 amide bonds. The van der Waals surface area contributed by atoms with Crippen molar-refractivity contribution in [3.05, 3.63) is 17.6 Å². The molecule has 82 valence electrons. The van der Waals surface area contributed by atoms with Crippen LogP contribution in [0.1, 0.15) is 24.4 Å². The second-order valence-electron chi connectivity index (χ2n) is 3.97. The molecular formula is C11H17N3S. The zero-order chi connectivity index (χ0) is 10.7. The van der Waals surface area contributed by atoms with E-state index >= 15 is 0 Å². The second kappa shape index (κ2) is 4.84. The molecule has 2 heterocycles. The highest BCUT2D eigenvalue weighted by Crippen LogP contribution is 2.20. The second-order valence-corrected chi connectivity index (χ2v) is 5.20. The van der Waals surface area contributed by atoms with E-state index in [0.29, 0.717) is 6.04 Å². The first-order chi connectivity index (χ1) is 7.24. The van der Waals surface area contributed by atoms with Crippen LogP contribution in [0.15, 0.2) is 6.07 Å². The maximum atomic E-state index is 4.40. The fraction of sp³-hybridized carbons (Fsp3) is 0.636. The topological polar surface area (TPSA) is 37.8 Å². The summed E-state index contributed by atoms with van der Waals surface area (Å²) in [5.41, 5.74) is 1.04. The van der Waals surface area contributed by atoms with Crippen LogP contribution in [-0.4, -0.2) is 27.5 Å². The van der Waals surface area contributed by atoms with Crippen LogP contribution in [0.5, 0.6) is 0 Å². The van der Waals surface area contributed by atoms with E-state index in [1.165, 1.54) is 24.3 Å². The molecule has 1 aromatic rings. The van der Waals surface area contributed by atoms with E-state index in [1.54, 1.807) is 0 Å². The minimum absolute atomic E-state index is 0.597. The van der Waals surface area contributed by atoms with Crippen LogP contribution in [0.3, 0.4) is 0 Å². The van der Waals surface area contributed by atoms with Crippen molar-refractivity contribution in [2.45, 2.75) is 32.7 Å². The summed E-state index contributed by atoms with van der Waals surface area (Å²) >= 11 is 2.04. The zero-order valence-electron chi connectivity index (χ0n) is 9.29. The van der Waals surface area contributed by atoms with E-state index in [9.17, 15) is 0 Å². The average molecular weight is 223 g/mol. The molecular weight excluding hydrogens is 206 g/mol. The van der Waals surface area contributed by atoms with Crippen molar-refractivity contribution in [3.8, 4) is 0 Å². The first-order valence-corrected chi connectivity index (χ1v) is 6.56. The van der Waals surface area contributed by atoms with Crippen LogP contribution >= 0.6 is 11.8 Å². The molecule has 0 radical (unpaired) electrons.